The maximum Gasteiger partial charge on any atom is 0.0198 e. The molecule has 0 spiro atoms. The van der Waals surface area contributed by atoms with Crippen molar-refractivity contribution in [3.8, 4) is 0 Å². The molecule has 23 heavy (non-hydrogen) atoms. The smallest absolute Gasteiger partial charge is 0.0198 e. The number of rotatable bonds is 9. The molecule has 0 aliphatic carbocycles. The highest BCUT2D eigenvalue weighted by molar-refractivity contribution is 7.99. The van der Waals surface area contributed by atoms with Crippen LogP contribution in [0.25, 0.3) is 0 Å². The lowest BCUT2D eigenvalue weighted by Crippen LogP contribution is -2.30. The molecule has 0 aliphatic heterocycles. The normalized spacial score (nSPS) is 12.0. The van der Waals surface area contributed by atoms with Crippen LogP contribution < -0.4 is 5.32 Å². The summed E-state index contributed by atoms with van der Waals surface area (Å²) in [5, 5.41) is 4.29. The molecule has 2 aromatic carbocycles. The highest BCUT2D eigenvalue weighted by Gasteiger charge is 2.13. The largest absolute Gasteiger partial charge is 0.315 e. The number of thioether (sulfide) groups is 1. The fourth-order valence-electron chi connectivity index (χ4n) is 2.39. The van der Waals surface area contributed by atoms with Crippen molar-refractivity contribution in [3.05, 3.63) is 71.8 Å². The van der Waals surface area contributed by atoms with Crippen LogP contribution >= 0.6 is 24.2 Å². The summed E-state index contributed by atoms with van der Waals surface area (Å²) in [5.74, 6) is 1.79. The van der Waals surface area contributed by atoms with E-state index >= 15 is 0 Å². The maximum absolute atomic E-state index is 3.63. The number of hydrogen-bond donors (Lipinski definition) is 1. The molecule has 1 N–H and O–H groups in total. The predicted molar refractivity (Wildman–Crippen MR) is 107 cm³/mol. The molecule has 1 atom stereocenters. The zero-order valence-corrected chi connectivity index (χ0v) is 15.7. The average Bonchev–Trinajstić information content (AvgIpc) is 2.55. The Morgan fingerprint density at radius 1 is 0.870 bits per heavy atom. The third kappa shape index (κ3) is 7.92. The summed E-state index contributed by atoms with van der Waals surface area (Å²) in [7, 11) is 0. The average molecular weight is 350 g/mol. The van der Waals surface area contributed by atoms with E-state index in [1.165, 1.54) is 11.1 Å². The maximum atomic E-state index is 3.63. The van der Waals surface area contributed by atoms with E-state index in [2.05, 4.69) is 91.6 Å². The molecule has 0 aromatic heterocycles. The first-order valence-corrected chi connectivity index (χ1v) is 9.20. The molecule has 0 saturated carbocycles. The lowest BCUT2D eigenvalue weighted by atomic mass is 10.1. The van der Waals surface area contributed by atoms with Gasteiger partial charge in [0.15, 0.2) is 0 Å². The van der Waals surface area contributed by atoms with Crippen LogP contribution in [-0.2, 0) is 12.2 Å². The Hall–Kier alpha value is -0.960. The van der Waals surface area contributed by atoms with Gasteiger partial charge in [-0.1, -0.05) is 74.5 Å². The van der Waals surface area contributed by atoms with Gasteiger partial charge in [0.1, 0.15) is 0 Å². The minimum atomic E-state index is 0. The Balaban J connectivity index is 0.00000264. The van der Waals surface area contributed by atoms with Crippen LogP contribution in [0, 0.1) is 5.92 Å². The second-order valence-electron chi connectivity index (χ2n) is 6.02. The van der Waals surface area contributed by atoms with E-state index in [4.69, 9.17) is 0 Å². The molecule has 0 heterocycles. The van der Waals surface area contributed by atoms with Gasteiger partial charge in [-0.15, -0.1) is 12.4 Å². The summed E-state index contributed by atoms with van der Waals surface area (Å²) >= 11 is 2.07. The fourth-order valence-corrected chi connectivity index (χ4v) is 3.61. The molecule has 0 fully saturated rings. The van der Waals surface area contributed by atoms with E-state index in [1.54, 1.807) is 0 Å². The molecule has 0 amide bonds. The Labute approximate surface area is 151 Å². The summed E-state index contributed by atoms with van der Waals surface area (Å²) < 4.78 is 0. The van der Waals surface area contributed by atoms with Crippen molar-refractivity contribution in [3.63, 3.8) is 0 Å². The molecule has 2 aromatic rings. The molecule has 1 nitrogen and oxygen atoms in total. The van der Waals surface area contributed by atoms with Gasteiger partial charge in [-0.2, -0.15) is 11.8 Å². The van der Waals surface area contributed by atoms with Crippen molar-refractivity contribution in [1.82, 2.24) is 5.32 Å². The zero-order chi connectivity index (χ0) is 15.6. The molecule has 2 rings (SSSR count). The van der Waals surface area contributed by atoms with Gasteiger partial charge in [0.05, 0.1) is 0 Å². The number of nitrogens with one attached hydrogen (secondary N) is 1. The first kappa shape index (κ1) is 20.1. The van der Waals surface area contributed by atoms with Crippen LogP contribution in [0.1, 0.15) is 25.0 Å². The van der Waals surface area contributed by atoms with Gasteiger partial charge in [-0.3, -0.25) is 0 Å². The molecule has 3 heteroatoms. The fraction of sp³-hybridized carbons (Fsp3) is 0.400. The third-order valence-electron chi connectivity index (χ3n) is 3.83. The van der Waals surface area contributed by atoms with Gasteiger partial charge in [0, 0.05) is 17.5 Å². The monoisotopic (exact) mass is 349 g/mol. The van der Waals surface area contributed by atoms with Crippen molar-refractivity contribution in [2.45, 2.75) is 31.3 Å². The van der Waals surface area contributed by atoms with Gasteiger partial charge in [0.2, 0.25) is 0 Å². The van der Waals surface area contributed by atoms with Crippen LogP contribution in [0.3, 0.4) is 0 Å². The summed E-state index contributed by atoms with van der Waals surface area (Å²) in [6, 6.07) is 21.5. The van der Waals surface area contributed by atoms with Crippen LogP contribution in [0.2, 0.25) is 0 Å². The van der Waals surface area contributed by atoms with Crippen LogP contribution in [0.5, 0.6) is 0 Å². The summed E-state index contributed by atoms with van der Waals surface area (Å²) in [5.41, 5.74) is 2.83. The highest BCUT2D eigenvalue weighted by Crippen LogP contribution is 2.23. The molecule has 0 aliphatic rings. The Morgan fingerprint density at radius 2 is 1.43 bits per heavy atom. The van der Waals surface area contributed by atoms with Crippen LogP contribution in [0.15, 0.2) is 60.7 Å². The lowest BCUT2D eigenvalue weighted by molar-refractivity contribution is 0.554. The Morgan fingerprint density at radius 3 is 2.00 bits per heavy atom. The molecule has 0 saturated heterocycles. The van der Waals surface area contributed by atoms with E-state index in [0.717, 1.165) is 25.3 Å². The van der Waals surface area contributed by atoms with Gasteiger partial charge >= 0.3 is 0 Å². The SMILES string of the molecule is CC(C)[C@@H](CNCCc1ccccc1)SCc1ccccc1.Cl. The van der Waals surface area contributed by atoms with Crippen LogP contribution in [-0.4, -0.2) is 18.3 Å². The molecule has 126 valence electrons. The first-order chi connectivity index (χ1) is 10.8. The topological polar surface area (TPSA) is 12.0 Å². The summed E-state index contributed by atoms with van der Waals surface area (Å²) in [6.07, 6.45) is 1.11. The van der Waals surface area contributed by atoms with Gasteiger partial charge in [-0.25, -0.2) is 0 Å². The van der Waals surface area contributed by atoms with Crippen molar-refractivity contribution in [1.29, 1.82) is 0 Å². The molecule has 0 bridgehead atoms. The first-order valence-electron chi connectivity index (χ1n) is 8.16. The van der Waals surface area contributed by atoms with Gasteiger partial charge in [0.25, 0.3) is 0 Å². The molecule has 0 radical (unpaired) electrons. The van der Waals surface area contributed by atoms with Crippen molar-refractivity contribution < 1.29 is 0 Å². The standard InChI is InChI=1S/C20H27NS.ClH/c1-17(2)20(22-16-19-11-7-4-8-12-19)15-21-14-13-18-9-5-3-6-10-18;/h3-12,17,20-21H,13-16H2,1-2H3;1H/t20-;/m1./s1. The number of benzene rings is 2. The van der Waals surface area contributed by atoms with E-state index in [9.17, 15) is 0 Å². The Bertz CT molecular complexity index is 516. The second-order valence-corrected chi connectivity index (χ2v) is 7.25. The van der Waals surface area contributed by atoms with E-state index in [1.807, 2.05) is 0 Å². The summed E-state index contributed by atoms with van der Waals surface area (Å²) in [6.45, 7) is 6.78. The van der Waals surface area contributed by atoms with E-state index < -0.39 is 0 Å². The van der Waals surface area contributed by atoms with Crippen molar-refractivity contribution in [2.75, 3.05) is 13.1 Å². The quantitative estimate of drug-likeness (QED) is 0.624. The van der Waals surface area contributed by atoms with Gasteiger partial charge < -0.3 is 5.32 Å². The molecule has 0 unspecified atom stereocenters. The lowest BCUT2D eigenvalue weighted by Gasteiger charge is -2.21. The Kier molecular flexibility index (Phi) is 10.1. The minimum absolute atomic E-state index is 0. The number of halogens is 1. The third-order valence-corrected chi connectivity index (χ3v) is 5.47. The predicted octanol–water partition coefficient (Wildman–Crippen LogP) is 5.20. The van der Waals surface area contributed by atoms with E-state index in [0.29, 0.717) is 11.2 Å². The minimum Gasteiger partial charge on any atom is -0.315 e. The van der Waals surface area contributed by atoms with E-state index in [-0.39, 0.29) is 12.4 Å². The summed E-state index contributed by atoms with van der Waals surface area (Å²) in [4.78, 5) is 0. The van der Waals surface area contributed by atoms with Crippen molar-refractivity contribution in [2.24, 2.45) is 5.92 Å². The van der Waals surface area contributed by atoms with Crippen molar-refractivity contribution >= 4 is 24.2 Å². The number of hydrogen-bond acceptors (Lipinski definition) is 2. The molecular formula is C20H28ClNS. The molecular weight excluding hydrogens is 322 g/mol. The zero-order valence-electron chi connectivity index (χ0n) is 14.1. The second kappa shape index (κ2) is 11.6. The van der Waals surface area contributed by atoms with Gasteiger partial charge in [-0.05, 0) is 30.0 Å². The van der Waals surface area contributed by atoms with Crippen LogP contribution in [0.4, 0.5) is 0 Å². The highest BCUT2D eigenvalue weighted by atomic mass is 35.5.